The molecule has 0 saturated carbocycles. The molecule has 2 amide bonds. The number of hydrogen-bond donors (Lipinski definition) is 3. The number of anilines is 1. The molecule has 0 bridgehead atoms. The van der Waals surface area contributed by atoms with Crippen LogP contribution in [0.4, 0.5) is 5.69 Å². The summed E-state index contributed by atoms with van der Waals surface area (Å²) >= 11 is 0. The molecule has 2 rings (SSSR count). The minimum atomic E-state index is -0.553. The minimum absolute atomic E-state index is 0.150. The Morgan fingerprint density at radius 3 is 2.57 bits per heavy atom. The molecule has 1 aliphatic heterocycles. The molecule has 1 aromatic carbocycles. The summed E-state index contributed by atoms with van der Waals surface area (Å²) in [5.41, 5.74) is 1.81. The topological polar surface area (TPSA) is 70.2 Å². The van der Waals surface area contributed by atoms with Crippen LogP contribution in [0.3, 0.4) is 0 Å². The van der Waals surface area contributed by atoms with Crippen molar-refractivity contribution in [3.05, 3.63) is 29.8 Å². The van der Waals surface area contributed by atoms with Gasteiger partial charge < -0.3 is 16.0 Å². The lowest BCUT2D eigenvalue weighted by molar-refractivity contribution is -0.129. The fourth-order valence-electron chi connectivity index (χ4n) is 2.31. The van der Waals surface area contributed by atoms with E-state index in [2.05, 4.69) is 16.0 Å². The Labute approximate surface area is 125 Å². The van der Waals surface area contributed by atoms with E-state index in [9.17, 15) is 9.59 Å². The maximum Gasteiger partial charge on any atom is 0.243 e. The van der Waals surface area contributed by atoms with E-state index in [0.717, 1.165) is 11.3 Å². The number of fused-ring (bicyclic) bond motifs is 1. The highest BCUT2D eigenvalue weighted by Crippen LogP contribution is 2.25. The zero-order valence-corrected chi connectivity index (χ0v) is 13.0. The van der Waals surface area contributed by atoms with E-state index in [1.165, 1.54) is 0 Å². The first-order valence-electron chi connectivity index (χ1n) is 7.23. The van der Waals surface area contributed by atoms with Crippen molar-refractivity contribution in [2.24, 2.45) is 0 Å². The second-order valence-corrected chi connectivity index (χ2v) is 6.53. The summed E-state index contributed by atoms with van der Waals surface area (Å²) in [7, 11) is 0. The molecule has 1 aromatic rings. The van der Waals surface area contributed by atoms with Gasteiger partial charge in [-0.3, -0.25) is 9.59 Å². The van der Waals surface area contributed by atoms with E-state index in [1.807, 2.05) is 45.0 Å². The molecule has 0 radical (unpaired) electrons. The van der Waals surface area contributed by atoms with Crippen molar-refractivity contribution in [2.45, 2.75) is 51.7 Å². The molecular formula is C16H23N3O2. The van der Waals surface area contributed by atoms with Gasteiger partial charge in [-0.1, -0.05) is 18.2 Å². The molecule has 0 fully saturated rings. The first-order valence-corrected chi connectivity index (χ1v) is 7.23. The largest absolute Gasteiger partial charge is 0.373 e. The Kier molecular flexibility index (Phi) is 4.21. The zero-order valence-electron chi connectivity index (χ0n) is 13.0. The zero-order chi connectivity index (χ0) is 15.6. The molecule has 5 nitrogen and oxygen atoms in total. The number of rotatable bonds is 3. The third-order valence-corrected chi connectivity index (χ3v) is 3.34. The van der Waals surface area contributed by atoms with Gasteiger partial charge in [0.2, 0.25) is 11.8 Å². The first-order chi connectivity index (χ1) is 9.76. The minimum Gasteiger partial charge on any atom is -0.373 e. The molecule has 2 unspecified atom stereocenters. The Morgan fingerprint density at radius 2 is 1.95 bits per heavy atom. The van der Waals surface area contributed by atoms with Crippen molar-refractivity contribution >= 4 is 17.5 Å². The van der Waals surface area contributed by atoms with E-state index in [4.69, 9.17) is 0 Å². The number of carbonyl (C=O) groups is 2. The third-order valence-electron chi connectivity index (χ3n) is 3.34. The fraction of sp³-hybridized carbons (Fsp3) is 0.500. The lowest BCUT2D eigenvalue weighted by Crippen LogP contribution is -2.53. The van der Waals surface area contributed by atoms with E-state index in [-0.39, 0.29) is 23.4 Å². The Hall–Kier alpha value is -2.04. The van der Waals surface area contributed by atoms with Crippen LogP contribution < -0.4 is 16.0 Å². The number of amides is 2. The standard InChI is InChI=1S/C16H23N3O2/c1-10(14(20)19-16(2,3)4)17-15(21)13-9-11-7-5-6-8-12(11)18-13/h5-8,10,13,18H,9H2,1-4H3,(H,17,21)(H,19,20). The maximum atomic E-state index is 12.2. The fourth-order valence-corrected chi connectivity index (χ4v) is 2.31. The van der Waals surface area contributed by atoms with Crippen molar-refractivity contribution < 1.29 is 9.59 Å². The monoisotopic (exact) mass is 289 g/mol. The Bertz CT molecular complexity index is 524. The van der Waals surface area contributed by atoms with E-state index < -0.39 is 6.04 Å². The van der Waals surface area contributed by atoms with Gasteiger partial charge in [0.25, 0.3) is 0 Å². The molecule has 1 heterocycles. The number of nitrogens with one attached hydrogen (secondary N) is 3. The average molecular weight is 289 g/mol. The van der Waals surface area contributed by atoms with Crippen LogP contribution in [0.5, 0.6) is 0 Å². The molecule has 0 saturated heterocycles. The highest BCUT2D eigenvalue weighted by molar-refractivity contribution is 5.92. The van der Waals surface area contributed by atoms with Crippen LogP contribution in [0.25, 0.3) is 0 Å². The molecule has 21 heavy (non-hydrogen) atoms. The molecule has 114 valence electrons. The van der Waals surface area contributed by atoms with Gasteiger partial charge in [0, 0.05) is 17.6 Å². The van der Waals surface area contributed by atoms with Crippen molar-refractivity contribution in [2.75, 3.05) is 5.32 Å². The van der Waals surface area contributed by atoms with E-state index in [0.29, 0.717) is 6.42 Å². The second kappa shape index (κ2) is 5.76. The van der Waals surface area contributed by atoms with Gasteiger partial charge >= 0.3 is 0 Å². The highest BCUT2D eigenvalue weighted by Gasteiger charge is 2.29. The number of benzene rings is 1. The lowest BCUT2D eigenvalue weighted by atomic mass is 10.1. The van der Waals surface area contributed by atoms with Crippen molar-refractivity contribution in [1.82, 2.24) is 10.6 Å². The van der Waals surface area contributed by atoms with Gasteiger partial charge in [0.05, 0.1) is 0 Å². The van der Waals surface area contributed by atoms with Crippen LogP contribution in [0.15, 0.2) is 24.3 Å². The van der Waals surface area contributed by atoms with Gasteiger partial charge in [-0.2, -0.15) is 0 Å². The predicted molar refractivity (Wildman–Crippen MR) is 83.1 cm³/mol. The molecule has 5 heteroatoms. The third kappa shape index (κ3) is 3.97. The second-order valence-electron chi connectivity index (χ2n) is 6.53. The van der Waals surface area contributed by atoms with Crippen LogP contribution in [0.2, 0.25) is 0 Å². The molecule has 0 spiro atoms. The van der Waals surface area contributed by atoms with Crippen LogP contribution in [-0.4, -0.2) is 29.4 Å². The van der Waals surface area contributed by atoms with Crippen molar-refractivity contribution in [3.63, 3.8) is 0 Å². The van der Waals surface area contributed by atoms with Gasteiger partial charge in [-0.15, -0.1) is 0 Å². The SMILES string of the molecule is CC(NC(=O)C1Cc2ccccc2N1)C(=O)NC(C)(C)C. The van der Waals surface area contributed by atoms with E-state index in [1.54, 1.807) is 6.92 Å². The summed E-state index contributed by atoms with van der Waals surface area (Å²) in [6.07, 6.45) is 0.648. The van der Waals surface area contributed by atoms with Crippen LogP contribution in [-0.2, 0) is 16.0 Å². The molecule has 0 aliphatic carbocycles. The van der Waals surface area contributed by atoms with Gasteiger partial charge in [0.15, 0.2) is 0 Å². The lowest BCUT2D eigenvalue weighted by Gasteiger charge is -2.24. The molecule has 2 atom stereocenters. The van der Waals surface area contributed by atoms with Gasteiger partial charge in [0.1, 0.15) is 12.1 Å². The number of carbonyl (C=O) groups excluding carboxylic acids is 2. The number of hydrogen-bond acceptors (Lipinski definition) is 3. The van der Waals surface area contributed by atoms with E-state index >= 15 is 0 Å². The molecular weight excluding hydrogens is 266 g/mol. The van der Waals surface area contributed by atoms with Crippen LogP contribution >= 0.6 is 0 Å². The maximum absolute atomic E-state index is 12.2. The summed E-state index contributed by atoms with van der Waals surface area (Å²) in [5.74, 6) is -0.325. The summed E-state index contributed by atoms with van der Waals surface area (Å²) in [5, 5.41) is 8.81. The first kappa shape index (κ1) is 15.4. The van der Waals surface area contributed by atoms with Crippen LogP contribution in [0, 0.1) is 0 Å². The molecule has 3 N–H and O–H groups in total. The molecule has 0 aromatic heterocycles. The quantitative estimate of drug-likeness (QED) is 0.788. The summed E-state index contributed by atoms with van der Waals surface area (Å²) in [6, 6.07) is 6.99. The van der Waals surface area contributed by atoms with Gasteiger partial charge in [-0.25, -0.2) is 0 Å². The number of para-hydroxylation sites is 1. The predicted octanol–water partition coefficient (Wildman–Crippen LogP) is 1.44. The van der Waals surface area contributed by atoms with Crippen molar-refractivity contribution in [3.8, 4) is 0 Å². The normalized spacial score (nSPS) is 18.4. The van der Waals surface area contributed by atoms with Crippen LogP contribution in [0.1, 0.15) is 33.3 Å². The molecule has 1 aliphatic rings. The van der Waals surface area contributed by atoms with Crippen molar-refractivity contribution in [1.29, 1.82) is 0 Å². The smallest absolute Gasteiger partial charge is 0.243 e. The van der Waals surface area contributed by atoms with Gasteiger partial charge in [-0.05, 0) is 39.3 Å². The summed E-state index contributed by atoms with van der Waals surface area (Å²) in [6.45, 7) is 7.43. The Balaban J connectivity index is 1.90. The Morgan fingerprint density at radius 1 is 1.29 bits per heavy atom. The average Bonchev–Trinajstić information content (AvgIpc) is 2.80. The summed E-state index contributed by atoms with van der Waals surface area (Å²) < 4.78 is 0. The highest BCUT2D eigenvalue weighted by atomic mass is 16.2. The summed E-state index contributed by atoms with van der Waals surface area (Å²) in [4.78, 5) is 24.2.